The van der Waals surface area contributed by atoms with Crippen molar-refractivity contribution in [1.29, 1.82) is 0 Å². The summed E-state index contributed by atoms with van der Waals surface area (Å²) in [5, 5.41) is 3.18. The summed E-state index contributed by atoms with van der Waals surface area (Å²) >= 11 is 5.98. The zero-order chi connectivity index (χ0) is 16.1. The van der Waals surface area contributed by atoms with Gasteiger partial charge in [0.15, 0.2) is 0 Å². The summed E-state index contributed by atoms with van der Waals surface area (Å²) in [5.41, 5.74) is 0.394. The smallest absolute Gasteiger partial charge is 0.254 e. The number of hydrogen-bond donors (Lipinski definition) is 1. The largest absolute Gasteiger partial charge is 0.468 e. The molecule has 0 aliphatic carbocycles. The Morgan fingerprint density at radius 3 is 2.83 bits per heavy atom. The van der Waals surface area contributed by atoms with Crippen molar-refractivity contribution in [3.8, 4) is 0 Å². The molecule has 1 saturated heterocycles. The van der Waals surface area contributed by atoms with E-state index in [4.69, 9.17) is 16.0 Å². The first-order chi connectivity index (χ1) is 11.3. The van der Waals surface area contributed by atoms with Gasteiger partial charge in [-0.15, -0.1) is 0 Å². The summed E-state index contributed by atoms with van der Waals surface area (Å²) in [6, 6.07) is 7.27. The number of nitrogens with zero attached hydrogens (tertiary/aromatic N) is 2. The van der Waals surface area contributed by atoms with Gasteiger partial charge in [0, 0.05) is 12.7 Å². The van der Waals surface area contributed by atoms with E-state index in [1.165, 1.54) is 19.3 Å². The van der Waals surface area contributed by atoms with E-state index in [1.807, 2.05) is 12.1 Å². The predicted molar refractivity (Wildman–Crippen MR) is 88.5 cm³/mol. The number of halogens is 1. The van der Waals surface area contributed by atoms with Gasteiger partial charge in [0.25, 0.3) is 5.91 Å². The summed E-state index contributed by atoms with van der Waals surface area (Å²) < 4.78 is 5.58. The molecule has 0 bridgehead atoms. The highest BCUT2D eigenvalue weighted by Gasteiger charge is 2.25. The Bertz CT molecular complexity index is 639. The lowest BCUT2D eigenvalue weighted by Gasteiger charge is -2.33. The summed E-state index contributed by atoms with van der Waals surface area (Å²) in [5.74, 6) is 0.668. The summed E-state index contributed by atoms with van der Waals surface area (Å²) in [7, 11) is 0. The number of pyridine rings is 1. The molecule has 1 atom stereocenters. The third-order valence-electron chi connectivity index (χ3n) is 4.16. The van der Waals surface area contributed by atoms with Crippen molar-refractivity contribution < 1.29 is 9.21 Å². The van der Waals surface area contributed by atoms with Gasteiger partial charge in [-0.3, -0.25) is 9.69 Å². The topological polar surface area (TPSA) is 58.4 Å². The Morgan fingerprint density at radius 2 is 2.13 bits per heavy atom. The highest BCUT2D eigenvalue weighted by atomic mass is 35.5. The molecule has 0 spiro atoms. The van der Waals surface area contributed by atoms with Crippen LogP contribution in [0.25, 0.3) is 0 Å². The second-order valence-electron chi connectivity index (χ2n) is 5.68. The van der Waals surface area contributed by atoms with E-state index in [0.717, 1.165) is 18.8 Å². The van der Waals surface area contributed by atoms with Gasteiger partial charge in [-0.1, -0.05) is 18.0 Å². The minimum absolute atomic E-state index is 0.0460. The number of rotatable bonds is 5. The number of nitrogens with one attached hydrogen (secondary N) is 1. The Balaban J connectivity index is 1.69. The third-order valence-corrected chi connectivity index (χ3v) is 4.46. The van der Waals surface area contributed by atoms with E-state index < -0.39 is 0 Å². The number of hydrogen-bond acceptors (Lipinski definition) is 4. The highest BCUT2D eigenvalue weighted by Crippen LogP contribution is 2.24. The second kappa shape index (κ2) is 7.62. The fourth-order valence-corrected chi connectivity index (χ4v) is 3.17. The lowest BCUT2D eigenvalue weighted by molar-refractivity contribution is 0.0914. The standard InChI is InChI=1S/C17H20ClN3O2/c18-16-13(6-4-8-19-16)17(22)20-12-14(15-7-5-11-23-15)21-9-2-1-3-10-21/h4-8,11,14H,1-3,9-10,12H2,(H,20,22). The first kappa shape index (κ1) is 16.0. The molecule has 2 aromatic rings. The Hall–Kier alpha value is -1.85. The number of carbonyl (C=O) groups excluding carboxylic acids is 1. The number of furan rings is 1. The SMILES string of the molecule is O=C(NCC(c1ccco1)N1CCCCC1)c1cccnc1Cl. The van der Waals surface area contributed by atoms with Gasteiger partial charge in [-0.25, -0.2) is 4.98 Å². The molecule has 6 heteroatoms. The first-order valence-electron chi connectivity index (χ1n) is 7.92. The fraction of sp³-hybridized carbons (Fsp3) is 0.412. The van der Waals surface area contributed by atoms with Crippen LogP contribution in [0.4, 0.5) is 0 Å². The molecule has 3 heterocycles. The molecular formula is C17H20ClN3O2. The molecule has 122 valence electrons. The van der Waals surface area contributed by atoms with Gasteiger partial charge < -0.3 is 9.73 Å². The number of likely N-dealkylation sites (tertiary alicyclic amines) is 1. The molecule has 3 rings (SSSR count). The van der Waals surface area contributed by atoms with E-state index in [9.17, 15) is 4.79 Å². The average Bonchev–Trinajstić information content (AvgIpc) is 3.10. The van der Waals surface area contributed by atoms with E-state index in [-0.39, 0.29) is 17.1 Å². The molecular weight excluding hydrogens is 314 g/mol. The third kappa shape index (κ3) is 3.92. The van der Waals surface area contributed by atoms with Crippen molar-refractivity contribution in [3.05, 3.63) is 53.2 Å². The first-order valence-corrected chi connectivity index (χ1v) is 8.29. The Labute approximate surface area is 140 Å². The number of piperidine rings is 1. The molecule has 23 heavy (non-hydrogen) atoms. The van der Waals surface area contributed by atoms with Crippen LogP contribution in [-0.2, 0) is 0 Å². The fourth-order valence-electron chi connectivity index (χ4n) is 2.96. The Morgan fingerprint density at radius 1 is 1.30 bits per heavy atom. The van der Waals surface area contributed by atoms with Crippen LogP contribution in [-0.4, -0.2) is 35.4 Å². The van der Waals surface area contributed by atoms with E-state index in [0.29, 0.717) is 12.1 Å². The highest BCUT2D eigenvalue weighted by molar-refractivity contribution is 6.32. The minimum atomic E-state index is -0.211. The molecule has 1 unspecified atom stereocenters. The van der Waals surface area contributed by atoms with Gasteiger partial charge in [0.2, 0.25) is 0 Å². The van der Waals surface area contributed by atoms with Crippen molar-refractivity contribution in [3.63, 3.8) is 0 Å². The van der Waals surface area contributed by atoms with Crippen molar-refractivity contribution in [2.24, 2.45) is 0 Å². The molecule has 5 nitrogen and oxygen atoms in total. The maximum Gasteiger partial charge on any atom is 0.254 e. The molecule has 1 amide bonds. The van der Waals surface area contributed by atoms with Crippen molar-refractivity contribution in [1.82, 2.24) is 15.2 Å². The van der Waals surface area contributed by atoms with Crippen LogP contribution < -0.4 is 5.32 Å². The quantitative estimate of drug-likeness (QED) is 0.853. The van der Waals surface area contributed by atoms with Crippen LogP contribution in [0.2, 0.25) is 5.15 Å². The van der Waals surface area contributed by atoms with Gasteiger partial charge >= 0.3 is 0 Å². The van der Waals surface area contributed by atoms with Crippen LogP contribution in [0.5, 0.6) is 0 Å². The molecule has 1 fully saturated rings. The molecule has 0 aromatic carbocycles. The van der Waals surface area contributed by atoms with Crippen LogP contribution in [0, 0.1) is 0 Å². The normalized spacial score (nSPS) is 16.9. The summed E-state index contributed by atoms with van der Waals surface area (Å²) in [4.78, 5) is 18.6. The number of aromatic nitrogens is 1. The summed E-state index contributed by atoms with van der Waals surface area (Å²) in [6.07, 6.45) is 6.86. The maximum absolute atomic E-state index is 12.3. The van der Waals surface area contributed by atoms with Crippen molar-refractivity contribution in [2.45, 2.75) is 25.3 Å². The molecule has 2 aromatic heterocycles. The Kier molecular flexibility index (Phi) is 5.31. The monoisotopic (exact) mass is 333 g/mol. The zero-order valence-electron chi connectivity index (χ0n) is 12.9. The number of amides is 1. The zero-order valence-corrected chi connectivity index (χ0v) is 13.6. The van der Waals surface area contributed by atoms with Crippen molar-refractivity contribution >= 4 is 17.5 Å². The molecule has 0 saturated carbocycles. The van der Waals surface area contributed by atoms with Gasteiger partial charge in [-0.2, -0.15) is 0 Å². The molecule has 1 aliphatic heterocycles. The molecule has 1 aliphatic rings. The van der Waals surface area contributed by atoms with Gasteiger partial charge in [-0.05, 0) is 50.2 Å². The van der Waals surface area contributed by atoms with Gasteiger partial charge in [0.1, 0.15) is 10.9 Å². The molecule has 0 radical (unpaired) electrons. The van der Waals surface area contributed by atoms with Crippen molar-refractivity contribution in [2.75, 3.05) is 19.6 Å². The number of carbonyl (C=O) groups is 1. The van der Waals surface area contributed by atoms with Crippen LogP contribution >= 0.6 is 11.6 Å². The van der Waals surface area contributed by atoms with E-state index >= 15 is 0 Å². The van der Waals surface area contributed by atoms with Crippen LogP contribution in [0.3, 0.4) is 0 Å². The lowest BCUT2D eigenvalue weighted by Crippen LogP contribution is -2.40. The molecule has 1 N–H and O–H groups in total. The predicted octanol–water partition coefficient (Wildman–Crippen LogP) is 3.29. The second-order valence-corrected chi connectivity index (χ2v) is 6.04. The summed E-state index contributed by atoms with van der Waals surface area (Å²) in [6.45, 7) is 2.53. The maximum atomic E-state index is 12.3. The average molecular weight is 334 g/mol. The van der Waals surface area contributed by atoms with Crippen LogP contribution in [0.1, 0.15) is 41.4 Å². The van der Waals surface area contributed by atoms with E-state index in [2.05, 4.69) is 15.2 Å². The van der Waals surface area contributed by atoms with Crippen LogP contribution in [0.15, 0.2) is 41.1 Å². The van der Waals surface area contributed by atoms with Gasteiger partial charge in [0.05, 0.1) is 17.9 Å². The van der Waals surface area contributed by atoms with E-state index in [1.54, 1.807) is 24.6 Å². The lowest BCUT2D eigenvalue weighted by atomic mass is 10.1. The minimum Gasteiger partial charge on any atom is -0.468 e.